The predicted octanol–water partition coefficient (Wildman–Crippen LogP) is 0.852. The van der Waals surface area contributed by atoms with Gasteiger partial charge >= 0.3 is 0 Å². The third-order valence-electron chi connectivity index (χ3n) is 1.47. The number of methoxy groups -OCH3 is 1. The van der Waals surface area contributed by atoms with Crippen molar-refractivity contribution in [2.45, 2.75) is 20.0 Å². The number of allylic oxidation sites excluding steroid dienone is 1. The molecule has 0 bridgehead atoms. The van der Waals surface area contributed by atoms with E-state index < -0.39 is 0 Å². The summed E-state index contributed by atoms with van der Waals surface area (Å²) >= 11 is 0. The molecule has 0 aromatic carbocycles. The molecule has 0 aromatic rings. The van der Waals surface area contributed by atoms with Crippen LogP contribution in [-0.4, -0.2) is 19.0 Å². The lowest BCUT2D eigenvalue weighted by Crippen LogP contribution is -2.13. The van der Waals surface area contributed by atoms with E-state index in [1.54, 1.807) is 13.8 Å². The third kappa shape index (κ3) is 0.875. The van der Waals surface area contributed by atoms with E-state index in [1.807, 2.05) is 0 Å². The molecule has 0 saturated carbocycles. The van der Waals surface area contributed by atoms with Gasteiger partial charge in [-0.15, -0.1) is 0 Å². The van der Waals surface area contributed by atoms with E-state index in [2.05, 4.69) is 0 Å². The van der Waals surface area contributed by atoms with Crippen LogP contribution >= 0.6 is 0 Å². The maximum atomic E-state index is 11.0. The van der Waals surface area contributed by atoms with Gasteiger partial charge < -0.3 is 9.47 Å². The quantitative estimate of drug-likeness (QED) is 0.544. The monoisotopic (exact) mass is 142 g/mol. The summed E-state index contributed by atoms with van der Waals surface area (Å²) in [6.07, 6.45) is -0.366. The number of rotatable bonds is 1. The maximum Gasteiger partial charge on any atom is 0.240 e. The Balaban J connectivity index is 2.85. The zero-order valence-corrected chi connectivity index (χ0v) is 6.30. The molecule has 0 aliphatic carbocycles. The summed E-state index contributed by atoms with van der Waals surface area (Å²) in [7, 11) is 1.47. The van der Waals surface area contributed by atoms with E-state index in [9.17, 15) is 4.79 Å². The SMILES string of the molecule is COC1=C(C)O[C@H](C)C1=O. The molecule has 0 fully saturated rings. The lowest BCUT2D eigenvalue weighted by atomic mass is 10.2. The van der Waals surface area contributed by atoms with Crippen LogP contribution in [0, 0.1) is 0 Å². The van der Waals surface area contributed by atoms with Crippen LogP contribution in [0.2, 0.25) is 0 Å². The van der Waals surface area contributed by atoms with Crippen LogP contribution in [0.15, 0.2) is 11.5 Å². The zero-order chi connectivity index (χ0) is 7.72. The first-order valence-electron chi connectivity index (χ1n) is 3.12. The second-order valence-electron chi connectivity index (χ2n) is 2.21. The van der Waals surface area contributed by atoms with E-state index >= 15 is 0 Å². The molecule has 0 saturated heterocycles. The molecule has 10 heavy (non-hydrogen) atoms. The predicted molar refractivity (Wildman–Crippen MR) is 35.3 cm³/mol. The molecule has 56 valence electrons. The molecule has 1 heterocycles. The molecule has 3 heteroatoms. The second kappa shape index (κ2) is 2.33. The first-order chi connectivity index (χ1) is 4.66. The zero-order valence-electron chi connectivity index (χ0n) is 6.30. The van der Waals surface area contributed by atoms with E-state index in [-0.39, 0.29) is 11.9 Å². The molecule has 1 atom stereocenters. The molecule has 0 aromatic heterocycles. The number of ketones is 1. The highest BCUT2D eigenvalue weighted by Gasteiger charge is 2.30. The van der Waals surface area contributed by atoms with Crippen LogP contribution in [0.3, 0.4) is 0 Å². The molecular formula is C7H10O3. The van der Waals surface area contributed by atoms with E-state index in [0.29, 0.717) is 11.5 Å². The van der Waals surface area contributed by atoms with Gasteiger partial charge in [0.25, 0.3) is 0 Å². The van der Waals surface area contributed by atoms with Gasteiger partial charge in [-0.2, -0.15) is 0 Å². The molecule has 0 unspecified atom stereocenters. The smallest absolute Gasteiger partial charge is 0.240 e. The molecule has 0 radical (unpaired) electrons. The number of carbonyl (C=O) groups excluding carboxylic acids is 1. The first kappa shape index (κ1) is 7.12. The molecule has 0 spiro atoms. The van der Waals surface area contributed by atoms with Crippen molar-refractivity contribution in [3.8, 4) is 0 Å². The van der Waals surface area contributed by atoms with Gasteiger partial charge in [-0.25, -0.2) is 0 Å². The van der Waals surface area contributed by atoms with Crippen LogP contribution in [0.4, 0.5) is 0 Å². The van der Waals surface area contributed by atoms with Gasteiger partial charge in [-0.3, -0.25) is 4.79 Å². The number of ether oxygens (including phenoxy) is 2. The average Bonchev–Trinajstić information content (AvgIpc) is 2.09. The molecule has 1 aliphatic rings. The topological polar surface area (TPSA) is 35.5 Å². The number of hydrogen-bond donors (Lipinski definition) is 0. The van der Waals surface area contributed by atoms with Crippen molar-refractivity contribution in [2.75, 3.05) is 7.11 Å². The van der Waals surface area contributed by atoms with Gasteiger partial charge in [0.15, 0.2) is 6.10 Å². The lowest BCUT2D eigenvalue weighted by Gasteiger charge is -1.99. The summed E-state index contributed by atoms with van der Waals surface area (Å²) in [5.41, 5.74) is 0. The van der Waals surface area contributed by atoms with Crippen LogP contribution in [0.25, 0.3) is 0 Å². The van der Waals surface area contributed by atoms with Crippen LogP contribution in [0.1, 0.15) is 13.8 Å². The number of Topliss-reactive ketones (excluding diaryl/α,β-unsaturated/α-hetero) is 1. The minimum Gasteiger partial charge on any atom is -0.490 e. The maximum absolute atomic E-state index is 11.0. The van der Waals surface area contributed by atoms with Crippen molar-refractivity contribution in [1.29, 1.82) is 0 Å². The standard InChI is InChI=1S/C7H10O3/c1-4-6(8)7(9-3)5(2)10-4/h4H,1-3H3/t4-/m1/s1. The largest absolute Gasteiger partial charge is 0.490 e. The van der Waals surface area contributed by atoms with E-state index in [4.69, 9.17) is 9.47 Å². The fraction of sp³-hybridized carbons (Fsp3) is 0.571. The highest BCUT2D eigenvalue weighted by Crippen LogP contribution is 2.20. The highest BCUT2D eigenvalue weighted by molar-refractivity contribution is 5.99. The Morgan fingerprint density at radius 3 is 2.40 bits per heavy atom. The number of carbonyl (C=O) groups is 1. The summed E-state index contributed by atoms with van der Waals surface area (Å²) in [5, 5.41) is 0. The Morgan fingerprint density at radius 2 is 2.20 bits per heavy atom. The van der Waals surface area contributed by atoms with E-state index in [0.717, 1.165) is 0 Å². The third-order valence-corrected chi connectivity index (χ3v) is 1.47. The molecule has 3 nitrogen and oxygen atoms in total. The number of hydrogen-bond acceptors (Lipinski definition) is 3. The van der Waals surface area contributed by atoms with Gasteiger partial charge in [-0.05, 0) is 13.8 Å². The van der Waals surface area contributed by atoms with E-state index in [1.165, 1.54) is 7.11 Å². The highest BCUT2D eigenvalue weighted by atomic mass is 16.5. The summed E-state index contributed by atoms with van der Waals surface area (Å²) in [5.74, 6) is 0.868. The normalized spacial score (nSPS) is 25.1. The first-order valence-corrected chi connectivity index (χ1v) is 3.12. The summed E-state index contributed by atoms with van der Waals surface area (Å²) in [6, 6.07) is 0. The van der Waals surface area contributed by atoms with Crippen molar-refractivity contribution in [1.82, 2.24) is 0 Å². The van der Waals surface area contributed by atoms with Crippen LogP contribution in [-0.2, 0) is 14.3 Å². The van der Waals surface area contributed by atoms with Gasteiger partial charge in [0.05, 0.1) is 7.11 Å². The molecular weight excluding hydrogens is 132 g/mol. The van der Waals surface area contributed by atoms with Crippen LogP contribution in [0.5, 0.6) is 0 Å². The Morgan fingerprint density at radius 1 is 1.60 bits per heavy atom. The van der Waals surface area contributed by atoms with Crippen molar-refractivity contribution in [3.05, 3.63) is 11.5 Å². The Bertz CT molecular complexity index is 193. The summed E-state index contributed by atoms with van der Waals surface area (Å²) in [4.78, 5) is 11.0. The fourth-order valence-electron chi connectivity index (χ4n) is 0.975. The second-order valence-corrected chi connectivity index (χ2v) is 2.21. The van der Waals surface area contributed by atoms with Gasteiger partial charge in [0.1, 0.15) is 5.76 Å². The van der Waals surface area contributed by atoms with Gasteiger partial charge in [-0.1, -0.05) is 0 Å². The molecule has 0 N–H and O–H groups in total. The Hall–Kier alpha value is -0.990. The molecule has 1 aliphatic heterocycles. The summed E-state index contributed by atoms with van der Waals surface area (Å²) in [6.45, 7) is 3.43. The van der Waals surface area contributed by atoms with Crippen molar-refractivity contribution < 1.29 is 14.3 Å². The minimum absolute atomic E-state index is 0.0694. The van der Waals surface area contributed by atoms with Crippen molar-refractivity contribution in [3.63, 3.8) is 0 Å². The van der Waals surface area contributed by atoms with Gasteiger partial charge in [0.2, 0.25) is 11.5 Å². The van der Waals surface area contributed by atoms with Crippen LogP contribution < -0.4 is 0 Å². The van der Waals surface area contributed by atoms with Gasteiger partial charge in [0, 0.05) is 0 Å². The molecule has 1 rings (SSSR count). The Kier molecular flexibility index (Phi) is 1.66. The lowest BCUT2D eigenvalue weighted by molar-refractivity contribution is -0.122. The molecule has 0 amide bonds. The fourth-order valence-corrected chi connectivity index (χ4v) is 0.975. The minimum atomic E-state index is -0.366. The Labute approximate surface area is 59.6 Å². The summed E-state index contributed by atoms with van der Waals surface area (Å²) < 4.78 is 9.89. The van der Waals surface area contributed by atoms with Crippen molar-refractivity contribution in [2.24, 2.45) is 0 Å². The van der Waals surface area contributed by atoms with Crippen molar-refractivity contribution >= 4 is 5.78 Å². The average molecular weight is 142 g/mol.